The van der Waals surface area contributed by atoms with E-state index in [1.165, 1.54) is 0 Å². The lowest BCUT2D eigenvalue weighted by Crippen LogP contribution is -2.47. The molecule has 0 radical (unpaired) electrons. The molecule has 32 heavy (non-hydrogen) atoms. The van der Waals surface area contributed by atoms with Crippen LogP contribution in [0.15, 0.2) is 36.4 Å². The summed E-state index contributed by atoms with van der Waals surface area (Å²) in [7, 11) is 0. The van der Waals surface area contributed by atoms with Gasteiger partial charge in [-0.3, -0.25) is 14.5 Å². The number of benzene rings is 2. The van der Waals surface area contributed by atoms with Gasteiger partial charge in [-0.05, 0) is 68.2 Å². The van der Waals surface area contributed by atoms with Crippen LogP contribution in [-0.2, 0) is 15.0 Å². The lowest BCUT2D eigenvalue weighted by Gasteiger charge is -2.37. The van der Waals surface area contributed by atoms with Crippen molar-refractivity contribution in [2.24, 2.45) is 0 Å². The second kappa shape index (κ2) is 9.01. The zero-order chi connectivity index (χ0) is 22.7. The van der Waals surface area contributed by atoms with Crippen LogP contribution in [0.5, 0.6) is 11.5 Å². The van der Waals surface area contributed by atoms with Gasteiger partial charge in [0.15, 0.2) is 0 Å². The number of nitriles is 1. The smallest absolute Gasteiger partial charge is 0.310 e. The number of aryl methyl sites for hydroxylation is 1. The monoisotopic (exact) mass is 433 g/mol. The Hall–Kier alpha value is -3.37. The van der Waals surface area contributed by atoms with Crippen molar-refractivity contribution >= 4 is 17.6 Å². The Balaban J connectivity index is 1.33. The number of piperidine rings is 1. The van der Waals surface area contributed by atoms with Gasteiger partial charge in [-0.15, -0.1) is 0 Å². The van der Waals surface area contributed by atoms with Crippen molar-refractivity contribution in [3.8, 4) is 17.6 Å². The summed E-state index contributed by atoms with van der Waals surface area (Å²) in [6.45, 7) is 6.44. The lowest BCUT2D eigenvalue weighted by atomic mass is 9.73. The Morgan fingerprint density at radius 1 is 1.22 bits per heavy atom. The second-order valence-corrected chi connectivity index (χ2v) is 8.35. The largest absolute Gasteiger partial charge is 0.492 e. The zero-order valence-electron chi connectivity index (χ0n) is 18.4. The van der Waals surface area contributed by atoms with E-state index in [2.05, 4.69) is 16.3 Å². The molecule has 2 aromatic carbocycles. The van der Waals surface area contributed by atoms with Gasteiger partial charge < -0.3 is 14.8 Å². The fourth-order valence-electron chi connectivity index (χ4n) is 4.41. The first-order chi connectivity index (χ1) is 15.4. The van der Waals surface area contributed by atoms with Crippen molar-refractivity contribution in [2.75, 3.05) is 31.6 Å². The molecule has 0 unspecified atom stereocenters. The fraction of sp³-hybridized carbons (Fsp3) is 0.400. The number of hydrogen-bond acceptors (Lipinski definition) is 6. The highest BCUT2D eigenvalue weighted by molar-refractivity contribution is 6.06. The molecular weight excluding hydrogens is 406 g/mol. The molecule has 0 aliphatic carbocycles. The maximum atomic E-state index is 12.8. The Labute approximate surface area is 187 Å². The van der Waals surface area contributed by atoms with Gasteiger partial charge in [0, 0.05) is 24.7 Å². The molecule has 1 spiro atoms. The zero-order valence-corrected chi connectivity index (χ0v) is 18.4. The summed E-state index contributed by atoms with van der Waals surface area (Å²) >= 11 is 0. The van der Waals surface area contributed by atoms with E-state index in [9.17, 15) is 14.9 Å². The standard InChI is InChI=1S/C25H27N3O4/c1-3-23(29)32-22-15-19(6-4-17(22)2)31-13-12-28-10-8-25(9-11-28)20-14-18(16-26)5-7-21(20)27-24(25)30/h4-7,14-15H,3,8-13H2,1-2H3,(H,27,30). The summed E-state index contributed by atoms with van der Waals surface area (Å²) in [4.78, 5) is 26.7. The van der Waals surface area contributed by atoms with Gasteiger partial charge in [0.25, 0.3) is 0 Å². The molecule has 0 saturated carbocycles. The van der Waals surface area contributed by atoms with Gasteiger partial charge in [-0.25, -0.2) is 0 Å². The van der Waals surface area contributed by atoms with Gasteiger partial charge in [0.05, 0.1) is 17.0 Å². The number of nitrogens with zero attached hydrogens (tertiary/aromatic N) is 2. The number of likely N-dealkylation sites (tertiary alicyclic amines) is 1. The van der Waals surface area contributed by atoms with Gasteiger partial charge in [-0.1, -0.05) is 13.0 Å². The van der Waals surface area contributed by atoms with Crippen LogP contribution < -0.4 is 14.8 Å². The number of amides is 1. The first-order valence-electron chi connectivity index (χ1n) is 11.0. The summed E-state index contributed by atoms with van der Waals surface area (Å²) in [5.41, 5.74) is 2.69. The molecule has 1 amide bonds. The van der Waals surface area contributed by atoms with Crippen molar-refractivity contribution in [1.82, 2.24) is 4.90 Å². The van der Waals surface area contributed by atoms with Crippen molar-refractivity contribution in [3.05, 3.63) is 53.1 Å². The summed E-state index contributed by atoms with van der Waals surface area (Å²) < 4.78 is 11.2. The van der Waals surface area contributed by atoms with Crippen LogP contribution in [0.4, 0.5) is 5.69 Å². The van der Waals surface area contributed by atoms with Crippen molar-refractivity contribution < 1.29 is 19.1 Å². The summed E-state index contributed by atoms with van der Waals surface area (Å²) in [6.07, 6.45) is 1.74. The average Bonchev–Trinajstić information content (AvgIpc) is 3.07. The van der Waals surface area contributed by atoms with Gasteiger partial charge in [0.1, 0.15) is 18.1 Å². The van der Waals surface area contributed by atoms with E-state index in [1.807, 2.05) is 31.2 Å². The van der Waals surface area contributed by atoms with E-state index in [-0.39, 0.29) is 11.9 Å². The van der Waals surface area contributed by atoms with Gasteiger partial charge in [0.2, 0.25) is 5.91 Å². The van der Waals surface area contributed by atoms with Crippen LogP contribution in [0.3, 0.4) is 0 Å². The predicted molar refractivity (Wildman–Crippen MR) is 120 cm³/mol. The first kappa shape index (κ1) is 21.8. The molecule has 7 nitrogen and oxygen atoms in total. The van der Waals surface area contributed by atoms with Crippen LogP contribution in [-0.4, -0.2) is 43.0 Å². The number of carbonyl (C=O) groups excluding carboxylic acids is 2. The molecule has 0 atom stereocenters. The van der Waals surface area contributed by atoms with Gasteiger partial charge >= 0.3 is 5.97 Å². The topological polar surface area (TPSA) is 91.7 Å². The van der Waals surface area contributed by atoms with E-state index in [4.69, 9.17) is 9.47 Å². The molecule has 2 aromatic rings. The molecule has 2 heterocycles. The molecule has 1 fully saturated rings. The third-order valence-corrected chi connectivity index (χ3v) is 6.41. The lowest BCUT2D eigenvalue weighted by molar-refractivity contribution is -0.134. The van der Waals surface area contributed by atoms with E-state index >= 15 is 0 Å². The van der Waals surface area contributed by atoms with Gasteiger partial charge in [-0.2, -0.15) is 5.26 Å². The molecule has 166 valence electrons. The Morgan fingerprint density at radius 3 is 2.72 bits per heavy atom. The molecule has 1 saturated heterocycles. The third kappa shape index (κ3) is 4.19. The van der Waals surface area contributed by atoms with Crippen LogP contribution in [0.25, 0.3) is 0 Å². The van der Waals surface area contributed by atoms with Crippen LogP contribution in [0.1, 0.15) is 42.9 Å². The van der Waals surface area contributed by atoms with Crippen molar-refractivity contribution in [3.63, 3.8) is 0 Å². The molecule has 0 bridgehead atoms. The molecule has 7 heteroatoms. The van der Waals surface area contributed by atoms with Crippen LogP contribution in [0, 0.1) is 18.3 Å². The number of esters is 1. The number of hydrogen-bond donors (Lipinski definition) is 1. The first-order valence-corrected chi connectivity index (χ1v) is 11.0. The highest BCUT2D eigenvalue weighted by Crippen LogP contribution is 2.45. The normalized spacial score (nSPS) is 16.8. The summed E-state index contributed by atoms with van der Waals surface area (Å²) in [5, 5.41) is 12.2. The van der Waals surface area contributed by atoms with E-state index in [1.54, 1.807) is 19.1 Å². The van der Waals surface area contributed by atoms with Crippen LogP contribution in [0.2, 0.25) is 0 Å². The quantitative estimate of drug-likeness (QED) is 0.553. The van der Waals surface area contributed by atoms with E-state index < -0.39 is 5.41 Å². The van der Waals surface area contributed by atoms with E-state index in [0.717, 1.165) is 36.4 Å². The Morgan fingerprint density at radius 2 is 2.00 bits per heavy atom. The maximum Gasteiger partial charge on any atom is 0.310 e. The van der Waals surface area contributed by atoms with Crippen molar-refractivity contribution in [1.29, 1.82) is 5.26 Å². The van der Waals surface area contributed by atoms with Crippen molar-refractivity contribution in [2.45, 2.75) is 38.5 Å². The number of ether oxygens (including phenoxy) is 2. The average molecular weight is 434 g/mol. The highest BCUT2D eigenvalue weighted by atomic mass is 16.5. The minimum atomic E-state index is -0.547. The summed E-state index contributed by atoms with van der Waals surface area (Å²) in [6, 6.07) is 13.1. The van der Waals surface area contributed by atoms with Crippen LogP contribution >= 0.6 is 0 Å². The predicted octanol–water partition coefficient (Wildman–Crippen LogP) is 3.55. The minimum Gasteiger partial charge on any atom is -0.492 e. The highest BCUT2D eigenvalue weighted by Gasteiger charge is 2.48. The number of anilines is 1. The molecular formula is C25H27N3O4. The fourth-order valence-corrected chi connectivity index (χ4v) is 4.41. The molecule has 2 aliphatic rings. The van der Waals surface area contributed by atoms with E-state index in [0.29, 0.717) is 42.9 Å². The SMILES string of the molecule is CCC(=O)Oc1cc(OCCN2CCC3(CC2)C(=O)Nc2ccc(C#N)cc23)ccc1C. The number of nitrogens with one attached hydrogen (secondary N) is 1. The number of fused-ring (bicyclic) bond motifs is 2. The third-order valence-electron chi connectivity index (χ3n) is 6.41. The minimum absolute atomic E-state index is 0.0345. The molecule has 1 N–H and O–H groups in total. The summed E-state index contributed by atoms with van der Waals surface area (Å²) in [5.74, 6) is 0.951. The second-order valence-electron chi connectivity index (χ2n) is 8.35. The number of carbonyl (C=O) groups is 2. The Kier molecular flexibility index (Phi) is 6.15. The maximum absolute atomic E-state index is 12.8. The molecule has 4 rings (SSSR count). The number of rotatable bonds is 6. The molecule has 2 aliphatic heterocycles. The molecule has 0 aromatic heterocycles. The Bertz CT molecular complexity index is 1080.